The minimum Gasteiger partial charge on any atom is -0.462 e. The number of carbonyl (C=O) groups excluding carboxylic acids is 2. The first kappa shape index (κ1) is 21.3. The van der Waals surface area contributed by atoms with E-state index in [0.29, 0.717) is 27.1 Å². The van der Waals surface area contributed by atoms with E-state index < -0.39 is 0 Å². The Balaban J connectivity index is 1.73. The van der Waals surface area contributed by atoms with Crippen molar-refractivity contribution < 1.29 is 14.3 Å². The molecule has 3 rings (SSSR count). The zero-order valence-corrected chi connectivity index (χ0v) is 18.1. The fourth-order valence-corrected chi connectivity index (χ4v) is 4.13. The van der Waals surface area contributed by atoms with Crippen molar-refractivity contribution in [1.29, 1.82) is 0 Å². The highest BCUT2D eigenvalue weighted by atomic mass is 32.2. The molecule has 2 aromatic carbocycles. The zero-order valence-electron chi connectivity index (χ0n) is 16.5. The summed E-state index contributed by atoms with van der Waals surface area (Å²) in [4.78, 5) is 27.0. The van der Waals surface area contributed by atoms with Crippen molar-refractivity contribution in [2.24, 2.45) is 0 Å². The van der Waals surface area contributed by atoms with E-state index in [1.165, 1.54) is 22.2 Å². The normalized spacial score (nSPS) is 15.2. The van der Waals surface area contributed by atoms with Gasteiger partial charge in [-0.15, -0.1) is 0 Å². The van der Waals surface area contributed by atoms with Crippen molar-refractivity contribution in [1.82, 2.24) is 0 Å². The van der Waals surface area contributed by atoms with E-state index in [2.05, 4.69) is 19.1 Å². The Morgan fingerprint density at radius 1 is 1.10 bits per heavy atom. The first-order valence-corrected chi connectivity index (χ1v) is 10.9. The number of nitrogens with zero attached hydrogens (tertiary/aromatic N) is 1. The SMILES string of the molecule is CCCCOC(=O)c1ccc(N2C(=O)/C(=C/c3ccc(CC)cc3)SC2=S)cc1. The highest BCUT2D eigenvalue weighted by Crippen LogP contribution is 2.36. The van der Waals surface area contributed by atoms with E-state index >= 15 is 0 Å². The van der Waals surface area contributed by atoms with E-state index in [-0.39, 0.29) is 11.9 Å². The summed E-state index contributed by atoms with van der Waals surface area (Å²) in [5, 5.41) is 0. The van der Waals surface area contributed by atoms with Crippen molar-refractivity contribution in [3.05, 3.63) is 70.1 Å². The van der Waals surface area contributed by atoms with Crippen LogP contribution in [0.1, 0.15) is 48.2 Å². The number of carbonyl (C=O) groups is 2. The third kappa shape index (κ3) is 5.14. The molecule has 29 heavy (non-hydrogen) atoms. The van der Waals surface area contributed by atoms with Crippen molar-refractivity contribution in [3.8, 4) is 0 Å². The molecular weight excluding hydrogens is 402 g/mol. The second kappa shape index (κ2) is 9.85. The summed E-state index contributed by atoms with van der Waals surface area (Å²) in [5.74, 6) is -0.511. The number of esters is 1. The second-order valence-electron chi connectivity index (χ2n) is 6.65. The van der Waals surface area contributed by atoms with Gasteiger partial charge in [0.15, 0.2) is 4.32 Å². The highest BCUT2D eigenvalue weighted by Gasteiger charge is 2.33. The summed E-state index contributed by atoms with van der Waals surface area (Å²) < 4.78 is 5.69. The first-order valence-electron chi connectivity index (χ1n) is 9.67. The Morgan fingerprint density at radius 2 is 1.79 bits per heavy atom. The average molecular weight is 426 g/mol. The fourth-order valence-electron chi connectivity index (χ4n) is 2.83. The van der Waals surface area contributed by atoms with Crippen LogP contribution in [0.5, 0.6) is 0 Å². The topological polar surface area (TPSA) is 46.6 Å². The lowest BCUT2D eigenvalue weighted by molar-refractivity contribution is -0.113. The van der Waals surface area contributed by atoms with Gasteiger partial charge in [0.1, 0.15) is 0 Å². The van der Waals surface area contributed by atoms with Crippen LogP contribution in [0.2, 0.25) is 0 Å². The lowest BCUT2D eigenvalue weighted by Gasteiger charge is -2.14. The summed E-state index contributed by atoms with van der Waals surface area (Å²) in [6, 6.07) is 14.9. The van der Waals surface area contributed by atoms with Gasteiger partial charge in [-0.1, -0.05) is 68.5 Å². The number of anilines is 1. The Labute approximate surface area is 180 Å². The van der Waals surface area contributed by atoms with Crippen LogP contribution in [0.15, 0.2) is 53.4 Å². The minimum atomic E-state index is -0.356. The molecule has 0 aliphatic carbocycles. The van der Waals surface area contributed by atoms with Crippen LogP contribution >= 0.6 is 24.0 Å². The standard InChI is InChI=1S/C23H23NO3S2/c1-3-5-14-27-22(26)18-10-12-19(13-11-18)24-21(25)20(29-23(24)28)15-17-8-6-16(4-2)7-9-17/h6-13,15H,3-5,14H2,1-2H3/b20-15-. The molecule has 2 aromatic rings. The number of aryl methyl sites for hydroxylation is 1. The maximum atomic E-state index is 12.9. The fraction of sp³-hybridized carbons (Fsp3) is 0.261. The molecule has 1 aliphatic heterocycles. The number of thioether (sulfide) groups is 1. The van der Waals surface area contributed by atoms with Gasteiger partial charge in [0.25, 0.3) is 5.91 Å². The number of unbranched alkanes of at least 4 members (excludes halogenated alkanes) is 1. The van der Waals surface area contributed by atoms with Crippen LogP contribution in [-0.2, 0) is 16.0 Å². The Bertz CT molecular complexity index is 934. The van der Waals surface area contributed by atoms with Crippen molar-refractivity contribution >= 4 is 51.9 Å². The van der Waals surface area contributed by atoms with E-state index in [1.54, 1.807) is 24.3 Å². The lowest BCUT2D eigenvalue weighted by Crippen LogP contribution is -2.27. The molecule has 0 unspecified atom stereocenters. The van der Waals surface area contributed by atoms with Gasteiger partial charge in [0, 0.05) is 0 Å². The number of ether oxygens (including phenoxy) is 1. The first-order chi connectivity index (χ1) is 14.0. The highest BCUT2D eigenvalue weighted by molar-refractivity contribution is 8.27. The molecule has 0 N–H and O–H groups in total. The van der Waals surface area contributed by atoms with Crippen LogP contribution in [-0.4, -0.2) is 22.8 Å². The Hall–Kier alpha value is -2.44. The predicted molar refractivity (Wildman–Crippen MR) is 123 cm³/mol. The van der Waals surface area contributed by atoms with Crippen LogP contribution in [0, 0.1) is 0 Å². The molecule has 1 amide bonds. The molecule has 1 aliphatic rings. The van der Waals surface area contributed by atoms with Crippen LogP contribution in [0.3, 0.4) is 0 Å². The summed E-state index contributed by atoms with van der Waals surface area (Å²) in [5.41, 5.74) is 3.32. The van der Waals surface area contributed by atoms with Crippen LogP contribution < -0.4 is 4.90 Å². The third-order valence-electron chi connectivity index (χ3n) is 4.57. The predicted octanol–water partition coefficient (Wildman–Crippen LogP) is 5.61. The molecule has 0 radical (unpaired) electrons. The molecule has 1 saturated heterocycles. The summed E-state index contributed by atoms with van der Waals surface area (Å²) in [7, 11) is 0. The molecule has 1 heterocycles. The molecule has 150 valence electrons. The molecule has 0 saturated carbocycles. The largest absolute Gasteiger partial charge is 0.462 e. The Morgan fingerprint density at radius 3 is 2.41 bits per heavy atom. The van der Waals surface area contributed by atoms with Gasteiger partial charge >= 0.3 is 5.97 Å². The quantitative estimate of drug-likeness (QED) is 0.250. The van der Waals surface area contributed by atoms with Gasteiger partial charge in [-0.05, 0) is 54.3 Å². The van der Waals surface area contributed by atoms with E-state index in [9.17, 15) is 9.59 Å². The van der Waals surface area contributed by atoms with Crippen molar-refractivity contribution in [2.45, 2.75) is 33.1 Å². The van der Waals surface area contributed by atoms with Gasteiger partial charge in [-0.2, -0.15) is 0 Å². The molecule has 6 heteroatoms. The zero-order chi connectivity index (χ0) is 20.8. The maximum Gasteiger partial charge on any atom is 0.338 e. The average Bonchev–Trinajstić information content (AvgIpc) is 3.01. The number of hydrogen-bond donors (Lipinski definition) is 0. The van der Waals surface area contributed by atoms with Crippen LogP contribution in [0.25, 0.3) is 6.08 Å². The number of amides is 1. The molecular formula is C23H23NO3S2. The van der Waals surface area contributed by atoms with E-state index in [0.717, 1.165) is 24.8 Å². The number of benzene rings is 2. The molecule has 1 fully saturated rings. The van der Waals surface area contributed by atoms with Crippen LogP contribution in [0.4, 0.5) is 5.69 Å². The summed E-state index contributed by atoms with van der Waals surface area (Å²) >= 11 is 6.71. The van der Waals surface area contributed by atoms with E-state index in [1.807, 2.05) is 25.1 Å². The van der Waals surface area contributed by atoms with Crippen molar-refractivity contribution in [2.75, 3.05) is 11.5 Å². The third-order valence-corrected chi connectivity index (χ3v) is 5.87. The summed E-state index contributed by atoms with van der Waals surface area (Å²) in [6.07, 6.45) is 4.65. The molecule has 0 aromatic heterocycles. The smallest absolute Gasteiger partial charge is 0.338 e. The van der Waals surface area contributed by atoms with Gasteiger partial charge in [0.2, 0.25) is 0 Å². The van der Waals surface area contributed by atoms with Gasteiger partial charge in [0.05, 0.1) is 22.8 Å². The Kier molecular flexibility index (Phi) is 7.23. The molecule has 0 atom stereocenters. The molecule has 0 spiro atoms. The number of hydrogen-bond acceptors (Lipinski definition) is 5. The number of thiocarbonyl (C=S) groups is 1. The van der Waals surface area contributed by atoms with Gasteiger partial charge in [-0.25, -0.2) is 4.79 Å². The molecule has 0 bridgehead atoms. The lowest BCUT2D eigenvalue weighted by atomic mass is 10.1. The van der Waals surface area contributed by atoms with E-state index in [4.69, 9.17) is 17.0 Å². The number of rotatable bonds is 7. The minimum absolute atomic E-state index is 0.155. The summed E-state index contributed by atoms with van der Waals surface area (Å²) in [6.45, 7) is 4.56. The monoisotopic (exact) mass is 425 g/mol. The van der Waals surface area contributed by atoms with Gasteiger partial charge in [-0.3, -0.25) is 9.69 Å². The molecule has 4 nitrogen and oxygen atoms in total. The second-order valence-corrected chi connectivity index (χ2v) is 8.32. The maximum absolute atomic E-state index is 12.9. The van der Waals surface area contributed by atoms with Gasteiger partial charge < -0.3 is 4.74 Å². The van der Waals surface area contributed by atoms with Crippen molar-refractivity contribution in [3.63, 3.8) is 0 Å².